The molecule has 0 saturated carbocycles. The van der Waals surface area contributed by atoms with Crippen LogP contribution in [0, 0.1) is 11.6 Å². The Morgan fingerprint density at radius 2 is 1.78 bits per heavy atom. The number of benzene rings is 2. The van der Waals surface area contributed by atoms with E-state index in [9.17, 15) is 18.7 Å². The average Bonchev–Trinajstić information content (AvgIpc) is 2.62. The average molecular weight is 381 g/mol. The molecule has 2 aromatic carbocycles. The van der Waals surface area contributed by atoms with Crippen LogP contribution >= 0.6 is 0 Å². The van der Waals surface area contributed by atoms with Gasteiger partial charge in [0.15, 0.2) is 0 Å². The zero-order valence-corrected chi connectivity index (χ0v) is 17.9. The number of carboxylic acid groups (broad SMARTS) is 1. The van der Waals surface area contributed by atoms with Crippen molar-refractivity contribution in [3.63, 3.8) is 0 Å². The molecule has 2 rings (SSSR count). The van der Waals surface area contributed by atoms with Gasteiger partial charge in [0.2, 0.25) is 0 Å². The largest absolute Gasteiger partial charge is 1.00 e. The number of rotatable bonds is 7. The van der Waals surface area contributed by atoms with Crippen molar-refractivity contribution in [3.8, 4) is 0 Å². The second-order valence-corrected chi connectivity index (χ2v) is 6.09. The Hall–Kier alpha value is -1.53. The number of carbonyl (C=O) groups excluding carboxylic acids is 1. The summed E-state index contributed by atoms with van der Waals surface area (Å²) < 4.78 is 27.6. The van der Waals surface area contributed by atoms with Crippen molar-refractivity contribution in [3.05, 3.63) is 76.4 Å². The summed E-state index contributed by atoms with van der Waals surface area (Å²) in [6.07, 6.45) is 3.24. The van der Waals surface area contributed by atoms with E-state index in [1.54, 1.807) is 6.08 Å². The van der Waals surface area contributed by atoms with E-state index in [2.05, 4.69) is 6.92 Å². The minimum atomic E-state index is -1.38. The molecular weight excluding hydrogens is 359 g/mol. The van der Waals surface area contributed by atoms with Crippen LogP contribution in [-0.4, -0.2) is 12.0 Å². The van der Waals surface area contributed by atoms with Crippen LogP contribution in [0.5, 0.6) is 0 Å². The normalized spacial score (nSPS) is 12.4. The minimum Gasteiger partial charge on any atom is -0.548 e. The fraction of sp³-hybridized carbons (Fsp3) is 0.286. The number of halogens is 2. The van der Waals surface area contributed by atoms with Crippen molar-refractivity contribution < 1.29 is 48.2 Å². The molecule has 2 N–H and O–H groups in total. The molecule has 138 valence electrons. The van der Waals surface area contributed by atoms with Gasteiger partial charge in [-0.15, -0.1) is 0 Å². The first-order chi connectivity index (χ1) is 12.4. The summed E-state index contributed by atoms with van der Waals surface area (Å²) in [6, 6.07) is 7.92. The maximum atomic E-state index is 14.4. The van der Waals surface area contributed by atoms with E-state index in [1.165, 1.54) is 17.7 Å². The van der Waals surface area contributed by atoms with E-state index in [0.717, 1.165) is 30.0 Å². The van der Waals surface area contributed by atoms with Crippen molar-refractivity contribution in [1.82, 2.24) is 0 Å². The van der Waals surface area contributed by atoms with E-state index in [-0.39, 0.29) is 41.5 Å². The van der Waals surface area contributed by atoms with E-state index in [1.807, 2.05) is 25.1 Å². The van der Waals surface area contributed by atoms with E-state index in [4.69, 9.17) is 5.73 Å². The molecular formula is C21H22F2NNaO2. The third kappa shape index (κ3) is 5.98. The van der Waals surface area contributed by atoms with Gasteiger partial charge in [0.05, 0.1) is 5.97 Å². The number of nitrogens with two attached hydrogens (primary N) is 1. The summed E-state index contributed by atoms with van der Waals surface area (Å²) in [5, 5.41) is 10.9. The summed E-state index contributed by atoms with van der Waals surface area (Å²) in [6.45, 7) is 4.09. The van der Waals surface area contributed by atoms with E-state index in [0.29, 0.717) is 5.57 Å². The molecule has 0 aromatic heterocycles. The molecule has 0 radical (unpaired) electrons. The van der Waals surface area contributed by atoms with Crippen molar-refractivity contribution in [2.24, 2.45) is 5.73 Å². The number of aliphatic carboxylic acids is 1. The molecule has 0 aliphatic rings. The van der Waals surface area contributed by atoms with Gasteiger partial charge in [-0.3, -0.25) is 0 Å². The van der Waals surface area contributed by atoms with Gasteiger partial charge in [0.25, 0.3) is 0 Å². The monoisotopic (exact) mass is 381 g/mol. The van der Waals surface area contributed by atoms with Gasteiger partial charge in [-0.05, 0) is 53.7 Å². The maximum absolute atomic E-state index is 14.4. The molecule has 0 spiro atoms. The summed E-state index contributed by atoms with van der Waals surface area (Å²) in [5.41, 5.74) is 9.26. The van der Waals surface area contributed by atoms with Crippen molar-refractivity contribution in [2.75, 3.05) is 0 Å². The minimum absolute atomic E-state index is 0. The quantitative estimate of drug-likeness (QED) is 0.687. The Morgan fingerprint density at radius 3 is 2.33 bits per heavy atom. The Bertz CT molecular complexity index is 837. The van der Waals surface area contributed by atoms with Crippen LogP contribution in [-0.2, 0) is 17.6 Å². The van der Waals surface area contributed by atoms with E-state index < -0.39 is 23.6 Å². The molecule has 0 fully saturated rings. The van der Waals surface area contributed by atoms with E-state index >= 15 is 0 Å². The molecule has 1 atom stereocenters. The molecule has 1 unspecified atom stereocenters. The topological polar surface area (TPSA) is 66.2 Å². The zero-order valence-electron chi connectivity index (χ0n) is 15.9. The van der Waals surface area contributed by atoms with Crippen molar-refractivity contribution >= 4 is 11.5 Å². The van der Waals surface area contributed by atoms with Crippen LogP contribution in [0.2, 0.25) is 0 Å². The second kappa shape index (κ2) is 10.7. The third-order valence-corrected chi connectivity index (χ3v) is 4.38. The molecule has 3 nitrogen and oxygen atoms in total. The number of hydrogen-bond donors (Lipinski definition) is 1. The van der Waals surface area contributed by atoms with Crippen LogP contribution in [0.15, 0.2) is 42.5 Å². The first kappa shape index (κ1) is 23.5. The van der Waals surface area contributed by atoms with Gasteiger partial charge in [-0.25, -0.2) is 8.78 Å². The fourth-order valence-corrected chi connectivity index (χ4v) is 2.90. The smallest absolute Gasteiger partial charge is 0.548 e. The SMILES string of the molecule is CCc1ccc(/C(=C/CC(N)C(=O)[O-])c2ccc(F)cc2F)cc1CC.[Na+]. The van der Waals surface area contributed by atoms with Crippen LogP contribution in [0.3, 0.4) is 0 Å². The number of aryl methyl sites for hydroxylation is 2. The Labute approximate surface area is 180 Å². The molecule has 2 aromatic rings. The molecule has 0 aliphatic heterocycles. The first-order valence-corrected chi connectivity index (χ1v) is 8.61. The summed E-state index contributed by atoms with van der Waals surface area (Å²) in [4.78, 5) is 10.9. The first-order valence-electron chi connectivity index (χ1n) is 8.61. The summed E-state index contributed by atoms with van der Waals surface area (Å²) >= 11 is 0. The van der Waals surface area contributed by atoms with Gasteiger partial charge in [0, 0.05) is 17.7 Å². The van der Waals surface area contributed by atoms with Crippen LogP contribution in [0.25, 0.3) is 5.57 Å². The van der Waals surface area contributed by atoms with Gasteiger partial charge in [-0.2, -0.15) is 0 Å². The van der Waals surface area contributed by atoms with Gasteiger partial charge in [-0.1, -0.05) is 38.1 Å². The third-order valence-electron chi connectivity index (χ3n) is 4.38. The molecule has 0 heterocycles. The molecule has 27 heavy (non-hydrogen) atoms. The van der Waals surface area contributed by atoms with Crippen LogP contribution in [0.4, 0.5) is 8.78 Å². The van der Waals surface area contributed by atoms with Crippen molar-refractivity contribution in [2.45, 2.75) is 39.2 Å². The zero-order chi connectivity index (χ0) is 19.3. The molecule has 0 saturated heterocycles. The van der Waals surface area contributed by atoms with Crippen LogP contribution < -0.4 is 40.4 Å². The predicted molar refractivity (Wildman–Crippen MR) is 96.2 cm³/mol. The van der Waals surface area contributed by atoms with Crippen molar-refractivity contribution in [1.29, 1.82) is 0 Å². The number of hydrogen-bond acceptors (Lipinski definition) is 3. The standard InChI is InChI=1S/C21H23F2NO2.Na/c1-3-13-5-6-15(11-14(13)4-2)17(9-10-20(24)21(25)26)18-8-7-16(22)12-19(18)23;/h5-9,11-12,20H,3-4,10,24H2,1-2H3,(H,25,26);/q;+1/p-1/b17-9-;. The second-order valence-electron chi connectivity index (χ2n) is 6.09. The Morgan fingerprint density at radius 1 is 1.11 bits per heavy atom. The molecule has 0 bridgehead atoms. The molecule has 0 aliphatic carbocycles. The Balaban J connectivity index is 0.00000364. The number of carbonyl (C=O) groups is 1. The van der Waals surface area contributed by atoms with Gasteiger partial charge in [0.1, 0.15) is 11.6 Å². The Kier molecular flexibility index (Phi) is 9.33. The maximum Gasteiger partial charge on any atom is 1.00 e. The molecule has 6 heteroatoms. The predicted octanol–water partition coefficient (Wildman–Crippen LogP) is -0.00740. The van der Waals surface area contributed by atoms with Gasteiger partial charge < -0.3 is 15.6 Å². The van der Waals surface area contributed by atoms with Gasteiger partial charge >= 0.3 is 29.6 Å². The van der Waals surface area contributed by atoms with Crippen LogP contribution in [0.1, 0.15) is 42.5 Å². The summed E-state index contributed by atoms with van der Waals surface area (Å²) in [7, 11) is 0. The number of carboxylic acids is 1. The summed E-state index contributed by atoms with van der Waals surface area (Å²) in [5.74, 6) is -2.76. The molecule has 0 amide bonds. The fourth-order valence-electron chi connectivity index (χ4n) is 2.90.